The molecule has 0 atom stereocenters. The molecule has 4 heteroatoms. The molecule has 0 aromatic heterocycles. The zero-order valence-corrected chi connectivity index (χ0v) is 8.49. The van der Waals surface area contributed by atoms with Crippen LogP contribution in [0.25, 0.3) is 0 Å². The highest BCUT2D eigenvalue weighted by Gasteiger charge is 2.23. The van der Waals surface area contributed by atoms with Crippen LogP contribution in [0.3, 0.4) is 0 Å². The molecule has 2 rings (SSSR count). The van der Waals surface area contributed by atoms with Gasteiger partial charge >= 0.3 is 0 Å². The van der Waals surface area contributed by atoms with Crippen molar-refractivity contribution in [1.29, 1.82) is 0 Å². The van der Waals surface area contributed by atoms with E-state index in [1.807, 2.05) is 19.1 Å². The molecule has 1 saturated heterocycles. The van der Waals surface area contributed by atoms with Crippen LogP contribution >= 0.6 is 0 Å². The van der Waals surface area contributed by atoms with E-state index in [9.17, 15) is 9.59 Å². The van der Waals surface area contributed by atoms with Gasteiger partial charge in [-0.25, -0.2) is 5.01 Å². The van der Waals surface area contributed by atoms with Gasteiger partial charge in [-0.05, 0) is 19.1 Å². The quantitative estimate of drug-likeness (QED) is 0.738. The molecule has 78 valence electrons. The van der Waals surface area contributed by atoms with E-state index >= 15 is 0 Å². The smallest absolute Gasteiger partial charge is 0.272 e. The number of nitrogens with one attached hydrogen (secondary N) is 1. The second kappa shape index (κ2) is 3.73. The number of benzene rings is 1. The molecule has 0 bridgehead atoms. The molecular weight excluding hydrogens is 192 g/mol. The van der Waals surface area contributed by atoms with Gasteiger partial charge < -0.3 is 0 Å². The second-order valence-electron chi connectivity index (χ2n) is 3.61. The molecule has 1 heterocycles. The first-order chi connectivity index (χ1) is 7.16. The van der Waals surface area contributed by atoms with Crippen LogP contribution in [0.4, 0.5) is 0 Å². The Bertz CT molecular complexity index is 398. The Morgan fingerprint density at radius 1 is 1.33 bits per heavy atom. The van der Waals surface area contributed by atoms with E-state index in [2.05, 4.69) is 5.43 Å². The highest BCUT2D eigenvalue weighted by molar-refractivity contribution is 5.96. The fourth-order valence-electron chi connectivity index (χ4n) is 1.48. The van der Waals surface area contributed by atoms with Crippen LogP contribution in [0.5, 0.6) is 0 Å². The van der Waals surface area contributed by atoms with E-state index in [0.29, 0.717) is 18.5 Å². The summed E-state index contributed by atoms with van der Waals surface area (Å²) >= 11 is 0. The summed E-state index contributed by atoms with van der Waals surface area (Å²) < 4.78 is 0. The maximum Gasteiger partial charge on any atom is 0.272 e. The van der Waals surface area contributed by atoms with Gasteiger partial charge in [0.15, 0.2) is 0 Å². The number of hydrogen-bond acceptors (Lipinski definition) is 2. The summed E-state index contributed by atoms with van der Waals surface area (Å²) in [4.78, 5) is 22.8. The fraction of sp³-hybridized carbons (Fsp3) is 0.273. The first-order valence-electron chi connectivity index (χ1n) is 4.85. The molecule has 0 spiro atoms. The summed E-state index contributed by atoms with van der Waals surface area (Å²) in [5.41, 5.74) is 4.22. The van der Waals surface area contributed by atoms with Crippen LogP contribution < -0.4 is 5.43 Å². The number of rotatable bonds is 1. The van der Waals surface area contributed by atoms with Crippen molar-refractivity contribution in [1.82, 2.24) is 10.4 Å². The number of nitrogens with zero attached hydrogens (tertiary/aromatic N) is 1. The maximum atomic E-state index is 11.8. The third-order valence-electron chi connectivity index (χ3n) is 2.37. The molecule has 0 unspecified atom stereocenters. The van der Waals surface area contributed by atoms with E-state index < -0.39 is 0 Å². The topological polar surface area (TPSA) is 49.4 Å². The average Bonchev–Trinajstić information content (AvgIpc) is 2.65. The van der Waals surface area contributed by atoms with Crippen LogP contribution in [0.15, 0.2) is 24.3 Å². The molecule has 1 aliphatic rings. The molecule has 0 aliphatic carbocycles. The molecule has 1 aromatic carbocycles. The average molecular weight is 204 g/mol. The van der Waals surface area contributed by atoms with Crippen molar-refractivity contribution < 1.29 is 9.59 Å². The predicted molar refractivity (Wildman–Crippen MR) is 55.0 cm³/mol. The van der Waals surface area contributed by atoms with Gasteiger partial charge in [0.1, 0.15) is 0 Å². The van der Waals surface area contributed by atoms with Gasteiger partial charge in [-0.1, -0.05) is 17.7 Å². The van der Waals surface area contributed by atoms with Gasteiger partial charge in [-0.3, -0.25) is 15.0 Å². The van der Waals surface area contributed by atoms with Gasteiger partial charge in [-0.15, -0.1) is 0 Å². The van der Waals surface area contributed by atoms with Gasteiger partial charge in [0.25, 0.3) is 5.91 Å². The monoisotopic (exact) mass is 204 g/mol. The molecule has 15 heavy (non-hydrogen) atoms. The van der Waals surface area contributed by atoms with Crippen LogP contribution in [0.2, 0.25) is 0 Å². The molecule has 0 saturated carbocycles. The van der Waals surface area contributed by atoms with Crippen LogP contribution in [-0.2, 0) is 4.79 Å². The Kier molecular flexibility index (Phi) is 2.41. The van der Waals surface area contributed by atoms with Crippen molar-refractivity contribution in [2.75, 3.05) is 6.54 Å². The number of hydrazine groups is 1. The maximum absolute atomic E-state index is 11.8. The van der Waals surface area contributed by atoms with Gasteiger partial charge in [0, 0.05) is 12.0 Å². The molecule has 2 amide bonds. The molecule has 1 aromatic rings. The van der Waals surface area contributed by atoms with E-state index in [1.165, 1.54) is 5.01 Å². The Morgan fingerprint density at radius 3 is 2.53 bits per heavy atom. The summed E-state index contributed by atoms with van der Waals surface area (Å²) in [6, 6.07) is 7.29. The van der Waals surface area contributed by atoms with E-state index in [0.717, 1.165) is 5.56 Å². The summed E-state index contributed by atoms with van der Waals surface area (Å²) in [6.07, 6.45) is 0.387. The van der Waals surface area contributed by atoms with Crippen LogP contribution in [0, 0.1) is 6.92 Å². The zero-order chi connectivity index (χ0) is 10.8. The summed E-state index contributed by atoms with van der Waals surface area (Å²) in [5, 5.41) is 1.35. The van der Waals surface area contributed by atoms with E-state index in [-0.39, 0.29) is 11.8 Å². The van der Waals surface area contributed by atoms with E-state index in [4.69, 9.17) is 0 Å². The lowest BCUT2D eigenvalue weighted by Gasteiger charge is -2.14. The van der Waals surface area contributed by atoms with Crippen molar-refractivity contribution in [3.63, 3.8) is 0 Å². The molecule has 1 fully saturated rings. The highest BCUT2D eigenvalue weighted by atomic mass is 16.2. The third kappa shape index (κ3) is 1.98. The summed E-state index contributed by atoms with van der Waals surface area (Å²) in [7, 11) is 0. The molecular formula is C11H12N2O2. The molecule has 1 N–H and O–H groups in total. The number of carbonyl (C=O) groups excluding carboxylic acids is 2. The largest absolute Gasteiger partial charge is 0.273 e. The van der Waals surface area contributed by atoms with Crippen molar-refractivity contribution >= 4 is 11.8 Å². The minimum Gasteiger partial charge on any atom is -0.273 e. The normalized spacial score (nSPS) is 15.3. The Hall–Kier alpha value is -1.84. The number of amides is 2. The lowest BCUT2D eigenvalue weighted by Crippen LogP contribution is -2.38. The van der Waals surface area contributed by atoms with Gasteiger partial charge in [0.05, 0.1) is 6.54 Å². The van der Waals surface area contributed by atoms with Crippen molar-refractivity contribution in [2.45, 2.75) is 13.3 Å². The summed E-state index contributed by atoms with van der Waals surface area (Å²) in [6.45, 7) is 2.41. The standard InChI is InChI=1S/C11H12N2O2/c1-8-2-4-9(5-3-8)11(15)13-7-6-10(14)12-13/h2-5H,6-7H2,1H3,(H,12,14). The lowest BCUT2D eigenvalue weighted by atomic mass is 10.1. The number of hydrogen-bond donors (Lipinski definition) is 1. The molecule has 4 nitrogen and oxygen atoms in total. The van der Waals surface area contributed by atoms with Gasteiger partial charge in [0.2, 0.25) is 5.91 Å². The van der Waals surface area contributed by atoms with E-state index in [1.54, 1.807) is 12.1 Å². The first-order valence-corrected chi connectivity index (χ1v) is 4.85. The highest BCUT2D eigenvalue weighted by Crippen LogP contribution is 2.08. The van der Waals surface area contributed by atoms with Crippen molar-refractivity contribution in [3.05, 3.63) is 35.4 Å². The summed E-state index contributed by atoms with van der Waals surface area (Å²) in [5.74, 6) is -0.253. The zero-order valence-electron chi connectivity index (χ0n) is 8.49. The Labute approximate surface area is 87.9 Å². The van der Waals surface area contributed by atoms with Crippen molar-refractivity contribution in [3.8, 4) is 0 Å². The fourth-order valence-corrected chi connectivity index (χ4v) is 1.48. The number of aryl methyl sites for hydroxylation is 1. The van der Waals surface area contributed by atoms with Crippen LogP contribution in [-0.4, -0.2) is 23.4 Å². The molecule has 1 aliphatic heterocycles. The second-order valence-corrected chi connectivity index (χ2v) is 3.61. The number of carbonyl (C=O) groups is 2. The van der Waals surface area contributed by atoms with Gasteiger partial charge in [-0.2, -0.15) is 0 Å². The minimum atomic E-state index is -0.152. The van der Waals surface area contributed by atoms with Crippen molar-refractivity contribution in [2.24, 2.45) is 0 Å². The lowest BCUT2D eigenvalue weighted by molar-refractivity contribution is -0.120. The first kappa shape index (κ1) is 9.71. The SMILES string of the molecule is Cc1ccc(C(=O)N2CCC(=O)N2)cc1. The minimum absolute atomic E-state index is 0.101. The predicted octanol–water partition coefficient (Wildman–Crippen LogP) is 0.872. The Balaban J connectivity index is 2.14. The molecule has 0 radical (unpaired) electrons. The van der Waals surface area contributed by atoms with Crippen LogP contribution in [0.1, 0.15) is 22.3 Å². The Morgan fingerprint density at radius 2 is 2.00 bits per heavy atom. The third-order valence-corrected chi connectivity index (χ3v) is 2.37.